The van der Waals surface area contributed by atoms with Gasteiger partial charge in [-0.1, -0.05) is 18.4 Å². The Kier molecular flexibility index (Phi) is 6.29. The van der Waals surface area contributed by atoms with E-state index in [1.807, 2.05) is 13.8 Å². The maximum absolute atomic E-state index is 13.2. The molecule has 2 aliphatic rings. The summed E-state index contributed by atoms with van der Waals surface area (Å²) in [5.74, 6) is -0.955. The van der Waals surface area contributed by atoms with E-state index in [0.29, 0.717) is 36.5 Å². The minimum Gasteiger partial charge on any atom is -0.477 e. The standard InChI is InChI=1S/C23H31N5O5/c1-13(2)11-27-21-17(7-8-18(29)26-10-9-16(12-26)33-4)14(3)25-28(21)23(32)19(22(27)31)20(30)24-15-5-6-15/h7-8,13,15-16H,5-6,9-12H2,1-4H3,(H2,24,30,31,32)/p+1/b8-7+/t16-/m1/s1. The zero-order valence-corrected chi connectivity index (χ0v) is 19.6. The van der Waals surface area contributed by atoms with E-state index in [0.717, 1.165) is 19.3 Å². The average molecular weight is 459 g/mol. The fourth-order valence-corrected chi connectivity index (χ4v) is 4.23. The minimum atomic E-state index is -0.628. The first-order chi connectivity index (χ1) is 15.7. The molecule has 0 spiro atoms. The fourth-order valence-electron chi connectivity index (χ4n) is 4.23. The summed E-state index contributed by atoms with van der Waals surface area (Å²) < 4.78 is 8.18. The molecular weight excluding hydrogens is 426 g/mol. The van der Waals surface area contributed by atoms with Gasteiger partial charge in [-0.3, -0.25) is 9.59 Å². The first-order valence-electron chi connectivity index (χ1n) is 11.4. The molecule has 0 unspecified atom stereocenters. The molecule has 2 aromatic rings. The summed E-state index contributed by atoms with van der Waals surface area (Å²) in [4.78, 5) is 40.4. The summed E-state index contributed by atoms with van der Waals surface area (Å²) in [6, 6.07) is 0.0497. The molecule has 2 fully saturated rings. The molecule has 10 nitrogen and oxygen atoms in total. The quantitative estimate of drug-likeness (QED) is 0.418. The van der Waals surface area contributed by atoms with E-state index in [1.54, 1.807) is 29.6 Å². The Morgan fingerprint density at radius 1 is 1.33 bits per heavy atom. The van der Waals surface area contributed by atoms with Gasteiger partial charge in [0.1, 0.15) is 0 Å². The second-order valence-corrected chi connectivity index (χ2v) is 9.33. The third-order valence-corrected chi connectivity index (χ3v) is 6.16. The number of aromatic hydroxyl groups is 1. The van der Waals surface area contributed by atoms with Crippen LogP contribution in [-0.4, -0.2) is 63.8 Å². The molecule has 3 N–H and O–H groups in total. The summed E-state index contributed by atoms with van der Waals surface area (Å²) in [5.41, 5.74) is 0.747. The smallest absolute Gasteiger partial charge is 0.378 e. The van der Waals surface area contributed by atoms with Crippen molar-refractivity contribution in [2.75, 3.05) is 20.2 Å². The number of carbonyl (C=O) groups excluding carboxylic acids is 2. The van der Waals surface area contributed by atoms with Gasteiger partial charge in [0, 0.05) is 32.3 Å². The highest BCUT2D eigenvalue weighted by Gasteiger charge is 2.35. The number of nitrogens with zero attached hydrogens (tertiary/aromatic N) is 3. The number of rotatable bonds is 7. The summed E-state index contributed by atoms with van der Waals surface area (Å²) in [6.45, 7) is 7.30. The number of nitrogens with one attached hydrogen (secondary N) is 2. The number of fused-ring (bicyclic) bond motifs is 1. The van der Waals surface area contributed by atoms with Crippen LogP contribution in [0, 0.1) is 12.8 Å². The van der Waals surface area contributed by atoms with Gasteiger partial charge in [0.15, 0.2) is 0 Å². The van der Waals surface area contributed by atoms with Crippen LogP contribution in [-0.2, 0) is 16.1 Å². The van der Waals surface area contributed by atoms with Crippen LogP contribution >= 0.6 is 0 Å². The number of likely N-dealkylation sites (tertiary alicyclic amines) is 1. The van der Waals surface area contributed by atoms with Crippen molar-refractivity contribution in [3.05, 3.63) is 33.3 Å². The van der Waals surface area contributed by atoms with Crippen LogP contribution < -0.4 is 15.4 Å². The van der Waals surface area contributed by atoms with E-state index < -0.39 is 11.5 Å². The first kappa shape index (κ1) is 23.0. The molecule has 3 heterocycles. The number of hydrogen-bond donors (Lipinski definition) is 3. The second kappa shape index (κ2) is 9.01. The van der Waals surface area contributed by atoms with Gasteiger partial charge in [-0.05, 0) is 38.2 Å². The van der Waals surface area contributed by atoms with Crippen LogP contribution in [0.1, 0.15) is 54.7 Å². The Balaban J connectivity index is 1.77. The Hall–Kier alpha value is -3.14. The van der Waals surface area contributed by atoms with Crippen LogP contribution in [0.2, 0.25) is 0 Å². The number of methoxy groups -OCH3 is 1. The molecule has 1 aliphatic heterocycles. The van der Waals surface area contributed by atoms with Crippen molar-refractivity contribution in [3.63, 3.8) is 0 Å². The second-order valence-electron chi connectivity index (χ2n) is 9.33. The third kappa shape index (κ3) is 4.52. The molecule has 2 aromatic heterocycles. The van der Waals surface area contributed by atoms with E-state index >= 15 is 0 Å². The van der Waals surface area contributed by atoms with E-state index in [2.05, 4.69) is 10.4 Å². The molecule has 1 saturated carbocycles. The number of aromatic amines is 1. The Labute approximate surface area is 191 Å². The van der Waals surface area contributed by atoms with Crippen molar-refractivity contribution in [3.8, 4) is 5.88 Å². The predicted molar refractivity (Wildman–Crippen MR) is 121 cm³/mol. The third-order valence-electron chi connectivity index (χ3n) is 6.16. The normalized spacial score (nSPS) is 18.7. The van der Waals surface area contributed by atoms with Crippen molar-refractivity contribution < 1.29 is 24.0 Å². The molecule has 10 heteroatoms. The maximum Gasteiger partial charge on any atom is 0.378 e. The molecular formula is C23H32N5O5+. The average Bonchev–Trinajstić information content (AvgIpc) is 3.32. The minimum absolute atomic E-state index is 0.0427. The SMILES string of the molecule is CO[C@@H]1CCN(C(=O)/C=C/c2c(C)[nH]n3c(=O)c(C(=O)NC4CC4)c(O)[n+](CC(C)C)c23)C1. The lowest BCUT2D eigenvalue weighted by Gasteiger charge is -2.13. The molecule has 33 heavy (non-hydrogen) atoms. The zero-order chi connectivity index (χ0) is 23.9. The molecule has 1 saturated heterocycles. The van der Waals surface area contributed by atoms with Crippen LogP contribution in [0.15, 0.2) is 10.9 Å². The molecule has 2 amide bonds. The lowest BCUT2D eigenvalue weighted by atomic mass is 10.1. The van der Waals surface area contributed by atoms with Crippen LogP contribution in [0.5, 0.6) is 5.88 Å². The van der Waals surface area contributed by atoms with Gasteiger partial charge in [0.05, 0.1) is 23.9 Å². The fraction of sp³-hybridized carbons (Fsp3) is 0.565. The van der Waals surface area contributed by atoms with Crippen LogP contribution in [0.4, 0.5) is 0 Å². The number of aromatic nitrogens is 3. The van der Waals surface area contributed by atoms with Crippen LogP contribution in [0.25, 0.3) is 11.7 Å². The molecule has 0 radical (unpaired) electrons. The van der Waals surface area contributed by atoms with Crippen molar-refractivity contribution in [1.82, 2.24) is 19.8 Å². The van der Waals surface area contributed by atoms with Gasteiger partial charge < -0.3 is 20.1 Å². The summed E-state index contributed by atoms with van der Waals surface area (Å²) in [6.07, 6.45) is 5.71. The lowest BCUT2D eigenvalue weighted by molar-refractivity contribution is -0.686. The van der Waals surface area contributed by atoms with E-state index in [9.17, 15) is 19.5 Å². The largest absolute Gasteiger partial charge is 0.477 e. The van der Waals surface area contributed by atoms with Crippen molar-refractivity contribution in [2.45, 2.75) is 58.7 Å². The molecule has 178 valence electrons. The Morgan fingerprint density at radius 2 is 2.06 bits per heavy atom. The Bertz CT molecular complexity index is 1170. The van der Waals surface area contributed by atoms with E-state index in [1.165, 1.54) is 10.6 Å². The van der Waals surface area contributed by atoms with Crippen LogP contribution in [0.3, 0.4) is 0 Å². The van der Waals surface area contributed by atoms with Crippen molar-refractivity contribution in [1.29, 1.82) is 0 Å². The van der Waals surface area contributed by atoms with Crippen molar-refractivity contribution in [2.24, 2.45) is 5.92 Å². The number of amides is 2. The van der Waals surface area contributed by atoms with Gasteiger partial charge in [-0.15, -0.1) is 0 Å². The summed E-state index contributed by atoms with van der Waals surface area (Å²) >= 11 is 0. The maximum atomic E-state index is 13.2. The summed E-state index contributed by atoms with van der Waals surface area (Å²) in [5, 5.41) is 16.8. The molecule has 1 atom stereocenters. The van der Waals surface area contributed by atoms with Gasteiger partial charge in [0.25, 0.3) is 5.91 Å². The van der Waals surface area contributed by atoms with Gasteiger partial charge >= 0.3 is 17.1 Å². The highest BCUT2D eigenvalue weighted by atomic mass is 16.5. The number of aryl methyl sites for hydroxylation is 1. The van der Waals surface area contributed by atoms with E-state index in [-0.39, 0.29) is 35.4 Å². The van der Waals surface area contributed by atoms with E-state index in [4.69, 9.17) is 4.74 Å². The topological polar surface area (TPSA) is 120 Å². The Morgan fingerprint density at radius 3 is 2.67 bits per heavy atom. The lowest BCUT2D eigenvalue weighted by Crippen LogP contribution is -2.46. The van der Waals surface area contributed by atoms with Gasteiger partial charge in [-0.2, -0.15) is 4.57 Å². The van der Waals surface area contributed by atoms with Gasteiger partial charge in [-0.25, -0.2) is 9.89 Å². The molecule has 0 bridgehead atoms. The summed E-state index contributed by atoms with van der Waals surface area (Å²) in [7, 11) is 1.64. The molecule has 4 rings (SSSR count). The molecule has 0 aromatic carbocycles. The number of carbonyl (C=O) groups is 2. The zero-order valence-electron chi connectivity index (χ0n) is 19.6. The monoisotopic (exact) mass is 458 g/mol. The predicted octanol–water partition coefficient (Wildman–Crippen LogP) is 0.738. The first-order valence-corrected chi connectivity index (χ1v) is 11.4. The number of H-pyrrole nitrogens is 1. The van der Waals surface area contributed by atoms with Crippen molar-refractivity contribution >= 4 is 23.5 Å². The number of hydrogen-bond acceptors (Lipinski definition) is 5. The van der Waals surface area contributed by atoms with Gasteiger partial charge in [0.2, 0.25) is 11.5 Å². The number of ether oxygens (including phenoxy) is 1. The highest BCUT2D eigenvalue weighted by molar-refractivity contribution is 5.96. The molecule has 1 aliphatic carbocycles. The highest BCUT2D eigenvalue weighted by Crippen LogP contribution is 2.22.